The van der Waals surface area contributed by atoms with Crippen molar-refractivity contribution >= 4 is 23.2 Å². The van der Waals surface area contributed by atoms with Crippen LogP contribution in [0.2, 0.25) is 0 Å². The summed E-state index contributed by atoms with van der Waals surface area (Å²) < 4.78 is 22.9. The Balaban J connectivity index is 1.55. The van der Waals surface area contributed by atoms with Gasteiger partial charge in [0.2, 0.25) is 0 Å². The lowest BCUT2D eigenvalue weighted by molar-refractivity contribution is -0.119. The number of hydrogen-bond acceptors (Lipinski definition) is 6. The number of anilines is 2. The summed E-state index contributed by atoms with van der Waals surface area (Å²) in [7, 11) is 0. The molecular weight excluding hydrogens is 436 g/mol. The van der Waals surface area contributed by atoms with Gasteiger partial charge < -0.3 is 29.6 Å². The minimum Gasteiger partial charge on any atom is -0.487 e. The number of hydrogen-bond donors (Lipinski definition) is 2. The maximum absolute atomic E-state index is 12.5. The molecule has 2 N–H and O–H groups in total. The molecule has 0 aromatic heterocycles. The predicted molar refractivity (Wildman–Crippen MR) is 128 cm³/mol. The molecule has 0 saturated heterocycles. The van der Waals surface area contributed by atoms with Gasteiger partial charge in [0, 0.05) is 0 Å². The molecule has 0 bridgehead atoms. The summed E-state index contributed by atoms with van der Waals surface area (Å²) in [5.41, 5.74) is 1.07. The van der Waals surface area contributed by atoms with E-state index in [4.69, 9.17) is 18.9 Å². The number of nitrogens with one attached hydrogen (secondary N) is 2. The molecule has 3 aromatic rings. The summed E-state index contributed by atoms with van der Waals surface area (Å²) >= 11 is 0. The summed E-state index contributed by atoms with van der Waals surface area (Å²) in [4.78, 5) is 24.9. The molecule has 0 spiro atoms. The van der Waals surface area contributed by atoms with Gasteiger partial charge in [-0.15, -0.1) is 0 Å². The van der Waals surface area contributed by atoms with Crippen LogP contribution in [-0.4, -0.2) is 38.2 Å². The summed E-state index contributed by atoms with van der Waals surface area (Å²) in [5, 5.41) is 5.58. The molecule has 4 rings (SSSR count). The standard InChI is InChI=1S/C26H24N2O6/c29-25-17-33-23-13-5-6-14-24(23)34-18-26(30)28-20-10-2-4-12-22(20)32-16-8-7-15-31-21-11-3-1-9-19(21)27-25/h1-14H,15-18H2,(H,27,29)(H,28,30)/b8-7-. The zero-order valence-corrected chi connectivity index (χ0v) is 18.4. The summed E-state index contributed by atoms with van der Waals surface area (Å²) in [6.07, 6.45) is 3.62. The number of para-hydroxylation sites is 6. The molecule has 0 atom stereocenters. The van der Waals surface area contributed by atoms with E-state index in [1.54, 1.807) is 60.7 Å². The van der Waals surface area contributed by atoms with Crippen molar-refractivity contribution in [3.63, 3.8) is 0 Å². The monoisotopic (exact) mass is 460 g/mol. The number of rotatable bonds is 0. The van der Waals surface area contributed by atoms with Gasteiger partial charge in [-0.05, 0) is 48.6 Å². The van der Waals surface area contributed by atoms with Crippen LogP contribution in [0.4, 0.5) is 11.4 Å². The van der Waals surface area contributed by atoms with Crippen LogP contribution in [0.25, 0.3) is 0 Å². The minimum atomic E-state index is -0.362. The Hall–Kier alpha value is -4.46. The largest absolute Gasteiger partial charge is 0.487 e. The van der Waals surface area contributed by atoms with E-state index in [2.05, 4.69) is 10.6 Å². The highest BCUT2D eigenvalue weighted by Gasteiger charge is 2.13. The van der Waals surface area contributed by atoms with Crippen molar-refractivity contribution in [3.05, 3.63) is 84.9 Å². The number of benzene rings is 3. The lowest BCUT2D eigenvalue weighted by atomic mass is 10.3. The van der Waals surface area contributed by atoms with E-state index >= 15 is 0 Å². The molecule has 34 heavy (non-hydrogen) atoms. The first-order valence-corrected chi connectivity index (χ1v) is 10.7. The van der Waals surface area contributed by atoms with Gasteiger partial charge in [-0.25, -0.2) is 0 Å². The number of fused-ring (bicyclic) bond motifs is 3. The van der Waals surface area contributed by atoms with E-state index in [-0.39, 0.29) is 38.2 Å². The fraction of sp³-hybridized carbons (Fsp3) is 0.154. The Bertz CT molecular complexity index is 1090. The zero-order chi connectivity index (χ0) is 23.6. The van der Waals surface area contributed by atoms with Gasteiger partial charge in [-0.3, -0.25) is 9.59 Å². The normalized spacial score (nSPS) is 15.8. The fourth-order valence-corrected chi connectivity index (χ4v) is 3.15. The molecule has 1 heterocycles. The molecule has 0 radical (unpaired) electrons. The SMILES string of the molecule is O=C1COc2ccccc2OCC(=O)Nc2ccccc2OC/C=C\COc2ccccc2N1. The number of amides is 2. The highest BCUT2D eigenvalue weighted by atomic mass is 16.5. The lowest BCUT2D eigenvalue weighted by Crippen LogP contribution is -2.22. The second-order valence-electron chi connectivity index (χ2n) is 7.21. The molecule has 0 unspecified atom stereocenters. The van der Waals surface area contributed by atoms with Crippen LogP contribution in [0, 0.1) is 0 Å². The molecule has 8 heteroatoms. The van der Waals surface area contributed by atoms with Crippen molar-refractivity contribution in [1.29, 1.82) is 0 Å². The van der Waals surface area contributed by atoms with Crippen LogP contribution in [0.3, 0.4) is 0 Å². The summed E-state index contributed by atoms with van der Waals surface area (Å²) in [6.45, 7) is 0.0860. The van der Waals surface area contributed by atoms with Gasteiger partial charge in [0.25, 0.3) is 11.8 Å². The molecule has 8 nitrogen and oxygen atoms in total. The number of ether oxygens (including phenoxy) is 4. The zero-order valence-electron chi connectivity index (χ0n) is 18.4. The quantitative estimate of drug-likeness (QED) is 0.492. The fourth-order valence-electron chi connectivity index (χ4n) is 3.15. The lowest BCUT2D eigenvalue weighted by Gasteiger charge is -2.15. The average Bonchev–Trinajstić information content (AvgIpc) is 2.85. The third kappa shape index (κ3) is 6.29. The molecule has 1 aliphatic rings. The van der Waals surface area contributed by atoms with Crippen LogP contribution >= 0.6 is 0 Å². The second kappa shape index (κ2) is 11.4. The Morgan fingerprint density at radius 3 is 1.32 bits per heavy atom. The van der Waals surface area contributed by atoms with Gasteiger partial charge in [-0.1, -0.05) is 36.4 Å². The summed E-state index contributed by atoms with van der Waals surface area (Å²) in [6, 6.07) is 21.1. The van der Waals surface area contributed by atoms with Crippen molar-refractivity contribution < 1.29 is 28.5 Å². The minimum absolute atomic E-state index is 0.245. The van der Waals surface area contributed by atoms with Gasteiger partial charge in [-0.2, -0.15) is 0 Å². The van der Waals surface area contributed by atoms with Crippen molar-refractivity contribution in [2.45, 2.75) is 0 Å². The van der Waals surface area contributed by atoms with Crippen LogP contribution in [-0.2, 0) is 9.59 Å². The van der Waals surface area contributed by atoms with E-state index in [1.807, 2.05) is 24.3 Å². The summed E-state index contributed by atoms with van der Waals surface area (Å²) in [5.74, 6) is 1.04. The van der Waals surface area contributed by atoms with Gasteiger partial charge in [0.15, 0.2) is 24.7 Å². The molecular formula is C26H24N2O6. The first-order valence-electron chi connectivity index (χ1n) is 10.7. The topological polar surface area (TPSA) is 95.1 Å². The average molecular weight is 460 g/mol. The second-order valence-corrected chi connectivity index (χ2v) is 7.21. The maximum atomic E-state index is 12.5. The van der Waals surface area contributed by atoms with E-state index in [0.29, 0.717) is 34.4 Å². The molecule has 2 amide bonds. The Morgan fingerprint density at radius 2 is 0.882 bits per heavy atom. The highest BCUT2D eigenvalue weighted by Crippen LogP contribution is 2.28. The van der Waals surface area contributed by atoms with Crippen molar-refractivity contribution in [2.24, 2.45) is 0 Å². The molecule has 0 saturated carbocycles. The van der Waals surface area contributed by atoms with Crippen LogP contribution in [0.5, 0.6) is 23.0 Å². The predicted octanol–water partition coefficient (Wildman–Crippen LogP) is 4.05. The molecule has 1 aliphatic heterocycles. The van der Waals surface area contributed by atoms with Gasteiger partial charge in [0.05, 0.1) is 11.4 Å². The van der Waals surface area contributed by atoms with E-state index in [1.165, 1.54) is 0 Å². The molecule has 174 valence electrons. The van der Waals surface area contributed by atoms with Crippen molar-refractivity contribution in [2.75, 3.05) is 37.1 Å². The Labute approximate surface area is 197 Å². The van der Waals surface area contributed by atoms with Crippen molar-refractivity contribution in [3.8, 4) is 23.0 Å². The van der Waals surface area contributed by atoms with Crippen LogP contribution in [0.15, 0.2) is 84.9 Å². The van der Waals surface area contributed by atoms with Crippen LogP contribution in [0.1, 0.15) is 0 Å². The van der Waals surface area contributed by atoms with E-state index in [0.717, 1.165) is 0 Å². The van der Waals surface area contributed by atoms with Gasteiger partial charge >= 0.3 is 0 Å². The van der Waals surface area contributed by atoms with E-state index in [9.17, 15) is 9.59 Å². The van der Waals surface area contributed by atoms with E-state index < -0.39 is 0 Å². The highest BCUT2D eigenvalue weighted by molar-refractivity contribution is 5.94. The van der Waals surface area contributed by atoms with Gasteiger partial charge in [0.1, 0.15) is 24.7 Å². The third-order valence-corrected chi connectivity index (χ3v) is 4.73. The first kappa shape index (κ1) is 22.7. The van der Waals surface area contributed by atoms with Crippen LogP contribution < -0.4 is 29.6 Å². The molecule has 0 aliphatic carbocycles. The Kier molecular flexibility index (Phi) is 7.63. The molecule has 3 aromatic carbocycles. The van der Waals surface area contributed by atoms with Crippen molar-refractivity contribution in [1.82, 2.24) is 0 Å². The number of carbonyl (C=O) groups is 2. The Morgan fingerprint density at radius 1 is 0.500 bits per heavy atom. The maximum Gasteiger partial charge on any atom is 0.262 e. The third-order valence-electron chi connectivity index (χ3n) is 4.73. The smallest absolute Gasteiger partial charge is 0.262 e. The number of carbonyl (C=O) groups excluding carboxylic acids is 2. The molecule has 0 fully saturated rings. The first-order chi connectivity index (χ1) is 16.7.